The average molecular weight is 1740 g/mol. The number of benzene rings is 7. The van der Waals surface area contributed by atoms with Crippen molar-refractivity contribution in [2.75, 3.05) is 141 Å². The van der Waals surface area contributed by atoms with E-state index in [0.29, 0.717) is 64.8 Å². The van der Waals surface area contributed by atoms with Crippen LogP contribution in [0, 0.1) is 47.6 Å². The van der Waals surface area contributed by atoms with E-state index in [1.807, 2.05) is 113 Å². The lowest BCUT2D eigenvalue weighted by atomic mass is 10.1. The number of nitrogens with zero attached hydrogens (tertiary/aromatic N) is 14. The van der Waals surface area contributed by atoms with Crippen molar-refractivity contribution in [2.45, 2.75) is 143 Å². The summed E-state index contributed by atoms with van der Waals surface area (Å²) < 4.78 is 140. The molecule has 0 aliphatic heterocycles. The van der Waals surface area contributed by atoms with Crippen molar-refractivity contribution in [1.82, 2.24) is 66.3 Å². The second kappa shape index (κ2) is 45.5. The van der Waals surface area contributed by atoms with E-state index in [1.165, 1.54) is 64.8 Å². The quantitative estimate of drug-likeness (QED) is 0.0456. The van der Waals surface area contributed by atoms with Gasteiger partial charge in [0.2, 0.25) is 0 Å². The molecule has 7 heterocycles. The van der Waals surface area contributed by atoms with Crippen molar-refractivity contribution in [2.24, 2.45) is 0 Å². The second-order valence-electron chi connectivity index (χ2n) is 33.9. The number of hydrogen-bond donors (Lipinski definition) is 0. The number of aromatic nitrogens is 7. The number of fused-ring (bicyclic) bond motifs is 7. The number of hydrogen-bond acceptors (Lipinski definition) is 13. The Morgan fingerprint density at radius 3 is 1.00 bits per heavy atom. The zero-order valence-electron chi connectivity index (χ0n) is 78.5. The molecule has 0 aliphatic rings. The molecule has 0 N–H and O–H groups in total. The summed E-state index contributed by atoms with van der Waals surface area (Å²) in [6.45, 7) is 23.1. The molecule has 20 nitrogen and oxygen atoms in total. The molecular weight excluding hydrogens is 1600 g/mol. The Morgan fingerprint density at radius 2 is 0.576 bits per heavy atom. The minimum Gasteiger partial charge on any atom is -0.497 e. The Hall–Kier alpha value is -10.7. The summed E-state index contributed by atoms with van der Waals surface area (Å²) >= 11 is 0. The van der Waals surface area contributed by atoms with Crippen LogP contribution in [0.4, 0.5) is 30.7 Å². The standard InChI is InChI=1S/2C15H22N2O2.C15H22N2O.C14H19FN2O.3C13H16F2N2/c1-11(16(2)3)10-17-7-6-12-8-14(18-4)15(19-5)9-13(12)17;1-11(16(2)3)10-17-7-6-12-8-13(18-4)9-14(19-5)15(12)17;1-11-8-14(18-5)9-13-6-7-17(15(11)13)10-12(2)16(3)4;1-10(16(2)3)9-17-6-5-11-7-14(18-4)12(15)8-13(11)17;1-9(16(2)3)8-17-5-4-10-6-11(14)12(15)7-13(10)17;1-9(16(2)3)8-17-5-4-10-6-11(14)7-12(15)13(10)17;1-9(16(2)3)8-17-7-6-10-12(17)5-4-11(14)13(10)15/h2*6-9,11H,10H2,1-5H3;6-9,12H,10H2,1-5H3;5-8,10H,9H2,1-4H3;3*4-7,9H,8H2,1-3H3/t2*11-;12-;10-;3*9-/m1111111/s1. The lowest BCUT2D eigenvalue weighted by Crippen LogP contribution is -2.29. The van der Waals surface area contributed by atoms with Gasteiger partial charge in [0.25, 0.3) is 0 Å². The number of aryl methyl sites for hydroxylation is 1. The fourth-order valence-electron chi connectivity index (χ4n) is 14.0. The lowest BCUT2D eigenvalue weighted by Gasteiger charge is -2.21. The van der Waals surface area contributed by atoms with E-state index >= 15 is 0 Å². The highest BCUT2D eigenvalue weighted by Crippen LogP contribution is 2.36. The highest BCUT2D eigenvalue weighted by Gasteiger charge is 2.21. The maximum atomic E-state index is 13.7. The molecule has 0 spiro atoms. The van der Waals surface area contributed by atoms with Crippen molar-refractivity contribution in [3.05, 3.63) is 217 Å². The monoisotopic (exact) mass is 1740 g/mol. The van der Waals surface area contributed by atoms with Crippen LogP contribution in [0.25, 0.3) is 76.3 Å². The third-order valence-electron chi connectivity index (χ3n) is 23.7. The van der Waals surface area contributed by atoms with Crippen molar-refractivity contribution in [3.8, 4) is 34.5 Å². The van der Waals surface area contributed by atoms with Crippen LogP contribution in [-0.4, -0.2) is 250 Å². The molecule has 680 valence electrons. The molecule has 7 aromatic carbocycles. The molecule has 0 unspecified atom stereocenters. The lowest BCUT2D eigenvalue weighted by molar-refractivity contribution is 0.285. The summed E-state index contributed by atoms with van der Waals surface area (Å²) in [6.07, 6.45) is 13.8. The second-order valence-corrected chi connectivity index (χ2v) is 33.9. The van der Waals surface area contributed by atoms with E-state index in [2.05, 4.69) is 199 Å². The summed E-state index contributed by atoms with van der Waals surface area (Å²) in [7, 11) is 38.5. The van der Waals surface area contributed by atoms with Crippen LogP contribution in [0.3, 0.4) is 0 Å². The van der Waals surface area contributed by atoms with Crippen molar-refractivity contribution in [1.29, 1.82) is 0 Å². The van der Waals surface area contributed by atoms with Crippen LogP contribution in [0.2, 0.25) is 0 Å². The Morgan fingerprint density at radius 1 is 0.256 bits per heavy atom. The number of ether oxygens (including phenoxy) is 6. The molecule has 0 saturated carbocycles. The van der Waals surface area contributed by atoms with E-state index in [4.69, 9.17) is 28.4 Å². The Labute approximate surface area is 734 Å². The van der Waals surface area contributed by atoms with Gasteiger partial charge in [0.05, 0.1) is 81.3 Å². The van der Waals surface area contributed by atoms with Gasteiger partial charge in [0, 0.05) is 200 Å². The van der Waals surface area contributed by atoms with Gasteiger partial charge in [-0.2, -0.15) is 0 Å². The number of methoxy groups -OCH3 is 6. The summed E-state index contributed by atoms with van der Waals surface area (Å²) in [5, 5.41) is 6.24. The molecule has 0 fully saturated rings. The minimum absolute atomic E-state index is 0.287. The van der Waals surface area contributed by atoms with Crippen LogP contribution in [-0.2, 0) is 45.8 Å². The third-order valence-corrected chi connectivity index (χ3v) is 23.7. The number of rotatable bonds is 27. The zero-order chi connectivity index (χ0) is 92.3. The van der Waals surface area contributed by atoms with Gasteiger partial charge in [-0.25, -0.2) is 30.7 Å². The maximum absolute atomic E-state index is 13.7. The first-order valence-electron chi connectivity index (χ1n) is 42.0. The molecule has 7 atom stereocenters. The fraction of sp³-hybridized carbons (Fsp3) is 0.429. The molecule has 0 saturated heterocycles. The molecule has 0 amide bonds. The van der Waals surface area contributed by atoms with Gasteiger partial charge in [-0.05, 0) is 257 Å². The first kappa shape index (κ1) is 99.8. The van der Waals surface area contributed by atoms with Gasteiger partial charge < -0.3 is 94.7 Å². The fourth-order valence-corrected chi connectivity index (χ4v) is 14.0. The molecule has 7 aromatic heterocycles. The molecule has 14 rings (SSSR count). The van der Waals surface area contributed by atoms with Gasteiger partial charge in [-0.1, -0.05) is 0 Å². The highest BCUT2D eigenvalue weighted by atomic mass is 19.2. The molecule has 0 radical (unpaired) electrons. The van der Waals surface area contributed by atoms with Crippen molar-refractivity contribution < 1.29 is 59.2 Å². The number of likely N-dealkylation sites (N-methyl/N-ethyl adjacent to an activating group) is 7. The largest absolute Gasteiger partial charge is 0.497 e. The number of halogens is 7. The smallest absolute Gasteiger partial charge is 0.168 e. The van der Waals surface area contributed by atoms with Crippen molar-refractivity contribution in [3.63, 3.8) is 0 Å². The van der Waals surface area contributed by atoms with E-state index in [9.17, 15) is 30.7 Å². The van der Waals surface area contributed by atoms with E-state index in [-0.39, 0.29) is 11.9 Å². The third kappa shape index (κ3) is 25.8. The van der Waals surface area contributed by atoms with Gasteiger partial charge in [-0.15, -0.1) is 0 Å². The van der Waals surface area contributed by atoms with Gasteiger partial charge in [-0.3, -0.25) is 0 Å². The molecule has 0 bridgehead atoms. The molecular formula is C98H133F7N14O6. The van der Waals surface area contributed by atoms with E-state index < -0.39 is 34.9 Å². The topological polar surface area (TPSA) is 113 Å². The highest BCUT2D eigenvalue weighted by molar-refractivity contribution is 5.89. The summed E-state index contributed by atoms with van der Waals surface area (Å²) in [5.74, 6) is -0.0689. The Kier molecular flexibility index (Phi) is 36.3. The van der Waals surface area contributed by atoms with Crippen LogP contribution in [0.5, 0.6) is 34.5 Å². The minimum atomic E-state index is -0.796. The molecule has 27 heteroatoms. The summed E-state index contributed by atoms with van der Waals surface area (Å²) in [5.41, 5.74) is 7.71. The average Bonchev–Trinajstić information content (AvgIpc) is 1.69. The van der Waals surface area contributed by atoms with Crippen LogP contribution < -0.4 is 28.4 Å². The van der Waals surface area contributed by atoms with Crippen molar-refractivity contribution >= 4 is 76.3 Å². The van der Waals surface area contributed by atoms with E-state index in [0.717, 1.165) is 112 Å². The normalized spacial score (nSPS) is 13.3. The Balaban J connectivity index is 0.000000181. The van der Waals surface area contributed by atoms with Crippen LogP contribution >= 0.6 is 0 Å². The van der Waals surface area contributed by atoms with E-state index in [1.54, 1.807) is 78.3 Å². The first-order valence-corrected chi connectivity index (χ1v) is 42.0. The maximum Gasteiger partial charge on any atom is 0.168 e. The SMILES string of the molecule is COc1cc(C)c2c(ccn2C[C@@H](C)N(C)C)c1.COc1cc(OC)c2c(ccn2C[C@@H](C)N(C)C)c1.COc1cc2ccn(C[C@@H](C)N(C)C)c2cc1F.COc1cc2ccn(C[C@@H](C)N(C)C)c2cc1OC.C[C@H](Cn1ccc2c(F)c(F)ccc21)N(C)C.C[C@H](Cn1ccc2cc(F)c(F)cc21)N(C)C.C[C@H](Cn1ccc2cc(F)cc(F)c21)N(C)C. The Bertz CT molecular complexity index is 5760. The predicted molar refractivity (Wildman–Crippen MR) is 499 cm³/mol. The van der Waals surface area contributed by atoms with Gasteiger partial charge in [0.15, 0.2) is 46.3 Å². The zero-order valence-corrected chi connectivity index (χ0v) is 78.5. The van der Waals surface area contributed by atoms with Gasteiger partial charge in [0.1, 0.15) is 28.9 Å². The predicted octanol–water partition coefficient (Wildman–Crippen LogP) is 19.5. The van der Waals surface area contributed by atoms with Crippen LogP contribution in [0.1, 0.15) is 54.0 Å². The van der Waals surface area contributed by atoms with Crippen LogP contribution in [0.15, 0.2) is 171 Å². The van der Waals surface area contributed by atoms with Gasteiger partial charge >= 0.3 is 0 Å². The first-order chi connectivity index (χ1) is 59.1. The molecule has 0 aliphatic carbocycles. The summed E-state index contributed by atoms with van der Waals surface area (Å²) in [6, 6.07) is 39.4. The molecule has 14 aromatic rings. The molecule has 125 heavy (non-hydrogen) atoms. The summed E-state index contributed by atoms with van der Waals surface area (Å²) in [4.78, 5) is 15.1.